The van der Waals surface area contributed by atoms with Crippen molar-refractivity contribution >= 4 is 17.7 Å². The predicted octanol–water partition coefficient (Wildman–Crippen LogP) is 0.469. The minimum Gasteiger partial charge on any atom is -0.481 e. The van der Waals surface area contributed by atoms with E-state index in [-0.39, 0.29) is 12.5 Å². The van der Waals surface area contributed by atoms with Crippen LogP contribution in [0.4, 0.5) is 0 Å². The number of carboxylic acids is 1. The standard InChI is InChI=1S/C8H12N4O2S/c1-5-9-10-8-12(5)11-6(4-15-8)2-3-7(13)14/h6,11H,2-4H2,1H3,(H,13,14). The maximum atomic E-state index is 10.4. The summed E-state index contributed by atoms with van der Waals surface area (Å²) in [6.07, 6.45) is 0.814. The number of hydrogen-bond donors (Lipinski definition) is 2. The molecule has 2 N–H and O–H groups in total. The van der Waals surface area contributed by atoms with Gasteiger partial charge in [0, 0.05) is 12.2 Å². The molecule has 0 spiro atoms. The average Bonchev–Trinajstić information content (AvgIpc) is 2.57. The lowest BCUT2D eigenvalue weighted by Gasteiger charge is -2.25. The van der Waals surface area contributed by atoms with Gasteiger partial charge in [0.05, 0.1) is 6.04 Å². The van der Waals surface area contributed by atoms with Gasteiger partial charge in [-0.1, -0.05) is 11.8 Å². The number of hydrogen-bond acceptors (Lipinski definition) is 5. The zero-order valence-corrected chi connectivity index (χ0v) is 9.12. The van der Waals surface area contributed by atoms with Crippen molar-refractivity contribution in [3.8, 4) is 0 Å². The average molecular weight is 228 g/mol. The van der Waals surface area contributed by atoms with Crippen LogP contribution in [0.25, 0.3) is 0 Å². The van der Waals surface area contributed by atoms with E-state index in [1.165, 1.54) is 0 Å². The zero-order chi connectivity index (χ0) is 10.8. The second-order valence-corrected chi connectivity index (χ2v) is 4.42. The van der Waals surface area contributed by atoms with Crippen molar-refractivity contribution in [2.75, 3.05) is 11.2 Å². The topological polar surface area (TPSA) is 80.0 Å². The fourth-order valence-electron chi connectivity index (χ4n) is 1.43. The minimum absolute atomic E-state index is 0.174. The Labute approximate surface area is 91.0 Å². The number of aryl methyl sites for hydroxylation is 1. The van der Waals surface area contributed by atoms with Gasteiger partial charge in [0.2, 0.25) is 5.16 Å². The fraction of sp³-hybridized carbons (Fsp3) is 0.625. The Kier molecular flexibility index (Phi) is 2.81. The molecule has 0 amide bonds. The van der Waals surface area contributed by atoms with Crippen LogP contribution in [-0.2, 0) is 4.79 Å². The summed E-state index contributed by atoms with van der Waals surface area (Å²) in [5, 5.41) is 17.4. The molecular formula is C8H12N4O2S. The van der Waals surface area contributed by atoms with Crippen LogP contribution in [0.15, 0.2) is 5.16 Å². The lowest BCUT2D eigenvalue weighted by molar-refractivity contribution is -0.137. The van der Waals surface area contributed by atoms with Crippen LogP contribution in [0, 0.1) is 6.92 Å². The first-order valence-electron chi connectivity index (χ1n) is 4.70. The van der Waals surface area contributed by atoms with Gasteiger partial charge in [0.1, 0.15) is 5.82 Å². The minimum atomic E-state index is -0.756. The number of nitrogens with zero attached hydrogens (tertiary/aromatic N) is 3. The highest BCUT2D eigenvalue weighted by atomic mass is 32.2. The molecule has 0 saturated carbocycles. The summed E-state index contributed by atoms with van der Waals surface area (Å²) in [6, 6.07) is 0.174. The third-order valence-corrected chi connectivity index (χ3v) is 3.32. The van der Waals surface area contributed by atoms with Crippen molar-refractivity contribution in [1.82, 2.24) is 14.9 Å². The maximum absolute atomic E-state index is 10.4. The number of thioether (sulfide) groups is 1. The van der Waals surface area contributed by atoms with Gasteiger partial charge >= 0.3 is 5.97 Å². The molecule has 0 saturated heterocycles. The van der Waals surface area contributed by atoms with Crippen LogP contribution >= 0.6 is 11.8 Å². The lowest BCUT2D eigenvalue weighted by Crippen LogP contribution is -2.35. The molecule has 1 unspecified atom stereocenters. The molecule has 1 aliphatic heterocycles. The number of fused-ring (bicyclic) bond motifs is 1. The fourth-order valence-corrected chi connectivity index (χ4v) is 2.43. The van der Waals surface area contributed by atoms with Gasteiger partial charge < -0.3 is 10.5 Å². The molecule has 82 valence electrons. The smallest absolute Gasteiger partial charge is 0.303 e. The molecule has 7 heteroatoms. The largest absolute Gasteiger partial charge is 0.481 e. The molecule has 0 bridgehead atoms. The van der Waals surface area contributed by atoms with Gasteiger partial charge in [-0.3, -0.25) is 4.79 Å². The van der Waals surface area contributed by atoms with Crippen molar-refractivity contribution in [3.05, 3.63) is 5.82 Å². The molecular weight excluding hydrogens is 216 g/mol. The van der Waals surface area contributed by atoms with Gasteiger partial charge in [0.15, 0.2) is 0 Å². The van der Waals surface area contributed by atoms with Crippen LogP contribution in [0.5, 0.6) is 0 Å². The second-order valence-electron chi connectivity index (χ2n) is 3.43. The van der Waals surface area contributed by atoms with E-state index in [0.717, 1.165) is 16.7 Å². The third-order valence-electron chi connectivity index (χ3n) is 2.23. The van der Waals surface area contributed by atoms with E-state index in [4.69, 9.17) is 5.11 Å². The Morgan fingerprint density at radius 2 is 2.53 bits per heavy atom. The summed E-state index contributed by atoms with van der Waals surface area (Å²) >= 11 is 1.60. The summed E-state index contributed by atoms with van der Waals surface area (Å²) in [5.41, 5.74) is 3.21. The Morgan fingerprint density at radius 1 is 1.73 bits per heavy atom. The van der Waals surface area contributed by atoms with Crippen molar-refractivity contribution in [1.29, 1.82) is 0 Å². The number of rotatable bonds is 3. The summed E-state index contributed by atoms with van der Waals surface area (Å²) in [4.78, 5) is 10.4. The van der Waals surface area contributed by atoms with E-state index in [1.807, 2.05) is 11.6 Å². The van der Waals surface area contributed by atoms with Gasteiger partial charge in [-0.2, -0.15) is 0 Å². The summed E-state index contributed by atoms with van der Waals surface area (Å²) < 4.78 is 1.82. The number of aliphatic carboxylic acids is 1. The summed E-state index contributed by atoms with van der Waals surface area (Å²) in [6.45, 7) is 1.86. The molecule has 0 aromatic carbocycles. The van der Waals surface area contributed by atoms with Crippen LogP contribution in [0.1, 0.15) is 18.7 Å². The van der Waals surface area contributed by atoms with Gasteiger partial charge in [-0.25, -0.2) is 4.68 Å². The Morgan fingerprint density at radius 3 is 3.27 bits per heavy atom. The summed E-state index contributed by atoms with van der Waals surface area (Å²) in [5.74, 6) is 0.886. The first-order valence-corrected chi connectivity index (χ1v) is 5.68. The molecule has 0 aliphatic carbocycles. The van der Waals surface area contributed by atoms with E-state index >= 15 is 0 Å². The molecule has 0 fully saturated rings. The highest BCUT2D eigenvalue weighted by molar-refractivity contribution is 7.99. The Hall–Kier alpha value is -1.24. The first kappa shape index (κ1) is 10.3. The molecule has 1 atom stereocenters. The third kappa shape index (κ3) is 2.23. The van der Waals surface area contributed by atoms with Gasteiger partial charge in [-0.05, 0) is 13.3 Å². The zero-order valence-electron chi connectivity index (χ0n) is 8.30. The van der Waals surface area contributed by atoms with Gasteiger partial charge in [0.25, 0.3) is 0 Å². The normalized spacial score (nSPS) is 19.4. The molecule has 2 rings (SSSR count). The molecule has 1 aliphatic rings. The highest BCUT2D eigenvalue weighted by Gasteiger charge is 2.21. The van der Waals surface area contributed by atoms with E-state index < -0.39 is 5.97 Å². The molecule has 15 heavy (non-hydrogen) atoms. The van der Waals surface area contributed by atoms with Crippen molar-refractivity contribution in [2.45, 2.75) is 31.0 Å². The quantitative estimate of drug-likeness (QED) is 0.782. The van der Waals surface area contributed by atoms with Crippen molar-refractivity contribution in [3.63, 3.8) is 0 Å². The van der Waals surface area contributed by atoms with E-state index in [1.54, 1.807) is 11.8 Å². The monoisotopic (exact) mass is 228 g/mol. The number of carbonyl (C=O) groups is 1. The number of carboxylic acid groups (broad SMARTS) is 1. The summed E-state index contributed by atoms with van der Waals surface area (Å²) in [7, 11) is 0. The molecule has 2 heterocycles. The second kappa shape index (κ2) is 4.09. The molecule has 1 aromatic heterocycles. The molecule has 1 aromatic rings. The Balaban J connectivity index is 1.99. The molecule has 6 nitrogen and oxygen atoms in total. The van der Waals surface area contributed by atoms with E-state index in [0.29, 0.717) is 6.42 Å². The number of nitrogens with one attached hydrogen (secondary N) is 1. The van der Waals surface area contributed by atoms with Crippen LogP contribution in [0.3, 0.4) is 0 Å². The first-order chi connectivity index (χ1) is 7.16. The van der Waals surface area contributed by atoms with Crippen LogP contribution in [-0.4, -0.2) is 37.7 Å². The van der Waals surface area contributed by atoms with Gasteiger partial charge in [-0.15, -0.1) is 10.2 Å². The molecule has 0 radical (unpaired) electrons. The highest BCUT2D eigenvalue weighted by Crippen LogP contribution is 2.23. The predicted molar refractivity (Wildman–Crippen MR) is 55.5 cm³/mol. The van der Waals surface area contributed by atoms with Crippen molar-refractivity contribution in [2.24, 2.45) is 0 Å². The van der Waals surface area contributed by atoms with Crippen molar-refractivity contribution < 1.29 is 9.90 Å². The van der Waals surface area contributed by atoms with E-state index in [2.05, 4.69) is 15.6 Å². The SMILES string of the molecule is Cc1nnc2n1NC(CCC(=O)O)CS2. The van der Waals surface area contributed by atoms with E-state index in [9.17, 15) is 4.79 Å². The van der Waals surface area contributed by atoms with Crippen LogP contribution < -0.4 is 5.43 Å². The van der Waals surface area contributed by atoms with Crippen LogP contribution in [0.2, 0.25) is 0 Å². The lowest BCUT2D eigenvalue weighted by atomic mass is 10.2. The Bertz CT molecular complexity index is 379. The maximum Gasteiger partial charge on any atom is 0.303 e. The number of aromatic nitrogens is 3.